The van der Waals surface area contributed by atoms with Gasteiger partial charge in [-0.1, -0.05) is 12.8 Å². The van der Waals surface area contributed by atoms with E-state index in [0.717, 1.165) is 30.5 Å². The number of nitrogens with one attached hydrogen (secondary N) is 1. The standard InChI is InChI=1S/C12H20N2OS/c15-12(14-5-6-16-8-14)11-7-9-3-1-2-4-10(9)13-11/h9-11,13H,1-8H2. The molecule has 1 saturated carbocycles. The topological polar surface area (TPSA) is 32.3 Å². The molecule has 0 aromatic carbocycles. The first-order chi connectivity index (χ1) is 7.84. The van der Waals surface area contributed by atoms with Crippen LogP contribution in [-0.4, -0.2) is 41.1 Å². The van der Waals surface area contributed by atoms with Crippen LogP contribution in [0.3, 0.4) is 0 Å². The zero-order valence-electron chi connectivity index (χ0n) is 9.65. The number of hydrogen-bond acceptors (Lipinski definition) is 3. The molecule has 0 bridgehead atoms. The second-order valence-corrected chi connectivity index (χ2v) is 6.32. The second kappa shape index (κ2) is 4.57. The van der Waals surface area contributed by atoms with Gasteiger partial charge in [-0.05, 0) is 25.2 Å². The Morgan fingerprint density at radius 1 is 1.31 bits per heavy atom. The van der Waals surface area contributed by atoms with Gasteiger partial charge in [-0.3, -0.25) is 4.79 Å². The molecule has 2 saturated heterocycles. The van der Waals surface area contributed by atoms with Crippen molar-refractivity contribution in [3.05, 3.63) is 0 Å². The van der Waals surface area contributed by atoms with Crippen LogP contribution >= 0.6 is 11.8 Å². The molecule has 3 unspecified atom stereocenters. The number of nitrogens with zero attached hydrogens (tertiary/aromatic N) is 1. The highest BCUT2D eigenvalue weighted by Gasteiger charge is 2.39. The largest absolute Gasteiger partial charge is 0.331 e. The van der Waals surface area contributed by atoms with E-state index in [9.17, 15) is 4.79 Å². The highest BCUT2D eigenvalue weighted by Crippen LogP contribution is 2.34. The van der Waals surface area contributed by atoms with Crippen molar-refractivity contribution in [2.24, 2.45) is 5.92 Å². The molecule has 3 nitrogen and oxygen atoms in total. The van der Waals surface area contributed by atoms with Crippen LogP contribution in [0.25, 0.3) is 0 Å². The van der Waals surface area contributed by atoms with Gasteiger partial charge in [0.25, 0.3) is 0 Å². The van der Waals surface area contributed by atoms with Crippen LogP contribution in [0.15, 0.2) is 0 Å². The summed E-state index contributed by atoms with van der Waals surface area (Å²) >= 11 is 1.87. The molecular weight excluding hydrogens is 220 g/mol. The van der Waals surface area contributed by atoms with Crippen molar-refractivity contribution in [2.45, 2.75) is 44.2 Å². The average molecular weight is 240 g/mol. The van der Waals surface area contributed by atoms with E-state index in [1.54, 1.807) is 0 Å². The lowest BCUT2D eigenvalue weighted by atomic mass is 9.85. The molecule has 1 amide bonds. The predicted molar refractivity (Wildman–Crippen MR) is 66.3 cm³/mol. The van der Waals surface area contributed by atoms with Crippen LogP contribution in [0.2, 0.25) is 0 Å². The minimum Gasteiger partial charge on any atom is -0.331 e. The summed E-state index contributed by atoms with van der Waals surface area (Å²) in [5.74, 6) is 3.16. The fourth-order valence-electron chi connectivity index (χ4n) is 3.32. The second-order valence-electron chi connectivity index (χ2n) is 5.25. The zero-order chi connectivity index (χ0) is 11.0. The highest BCUT2D eigenvalue weighted by atomic mass is 32.2. The van der Waals surface area contributed by atoms with Gasteiger partial charge in [0.1, 0.15) is 0 Å². The molecule has 0 aromatic heterocycles. The molecule has 1 aliphatic carbocycles. The van der Waals surface area contributed by atoms with Gasteiger partial charge in [-0.2, -0.15) is 0 Å². The van der Waals surface area contributed by atoms with Gasteiger partial charge < -0.3 is 10.2 Å². The van der Waals surface area contributed by atoms with Crippen molar-refractivity contribution >= 4 is 17.7 Å². The molecule has 0 spiro atoms. The Hall–Kier alpha value is -0.220. The van der Waals surface area contributed by atoms with Crippen molar-refractivity contribution in [3.63, 3.8) is 0 Å². The summed E-state index contributed by atoms with van der Waals surface area (Å²) < 4.78 is 0. The van der Waals surface area contributed by atoms with Gasteiger partial charge in [0.15, 0.2) is 0 Å². The van der Waals surface area contributed by atoms with E-state index in [1.165, 1.54) is 25.7 Å². The van der Waals surface area contributed by atoms with Gasteiger partial charge in [0.2, 0.25) is 5.91 Å². The Morgan fingerprint density at radius 3 is 2.94 bits per heavy atom. The van der Waals surface area contributed by atoms with Crippen LogP contribution in [-0.2, 0) is 4.79 Å². The van der Waals surface area contributed by atoms with Crippen LogP contribution in [0.4, 0.5) is 0 Å². The van der Waals surface area contributed by atoms with Gasteiger partial charge >= 0.3 is 0 Å². The number of fused-ring (bicyclic) bond motifs is 1. The van der Waals surface area contributed by atoms with Crippen LogP contribution < -0.4 is 5.32 Å². The summed E-state index contributed by atoms with van der Waals surface area (Å²) in [6, 6.07) is 0.768. The van der Waals surface area contributed by atoms with Gasteiger partial charge in [-0.15, -0.1) is 11.8 Å². The lowest BCUT2D eigenvalue weighted by molar-refractivity contribution is -0.131. The molecule has 90 valence electrons. The number of thioether (sulfide) groups is 1. The molecule has 2 aliphatic heterocycles. The van der Waals surface area contributed by atoms with Gasteiger partial charge in [-0.25, -0.2) is 0 Å². The van der Waals surface area contributed by atoms with Crippen molar-refractivity contribution in [1.29, 1.82) is 0 Å². The Labute approximate surface area is 101 Å². The third-order valence-electron chi connectivity index (χ3n) is 4.23. The first-order valence-electron chi connectivity index (χ1n) is 6.47. The minimum atomic E-state index is 0.131. The monoisotopic (exact) mass is 240 g/mol. The summed E-state index contributed by atoms with van der Waals surface area (Å²) in [6.07, 6.45) is 6.40. The number of hydrogen-bond donors (Lipinski definition) is 1. The van der Waals surface area contributed by atoms with E-state index >= 15 is 0 Å². The summed E-state index contributed by atoms with van der Waals surface area (Å²) in [5.41, 5.74) is 0. The maximum absolute atomic E-state index is 12.2. The van der Waals surface area contributed by atoms with E-state index in [2.05, 4.69) is 5.32 Å². The minimum absolute atomic E-state index is 0.131. The summed E-state index contributed by atoms with van der Waals surface area (Å²) in [4.78, 5) is 14.3. The number of carbonyl (C=O) groups excluding carboxylic acids is 1. The molecule has 3 atom stereocenters. The van der Waals surface area contributed by atoms with Crippen molar-refractivity contribution in [2.75, 3.05) is 18.2 Å². The van der Waals surface area contributed by atoms with Crippen molar-refractivity contribution < 1.29 is 4.79 Å². The number of rotatable bonds is 1. The first kappa shape index (κ1) is 10.9. The predicted octanol–water partition coefficient (Wildman–Crippen LogP) is 1.44. The van der Waals surface area contributed by atoms with Gasteiger partial charge in [0, 0.05) is 18.3 Å². The zero-order valence-corrected chi connectivity index (χ0v) is 10.5. The molecule has 3 aliphatic rings. The third-order valence-corrected chi connectivity index (χ3v) is 5.19. The molecule has 2 heterocycles. The van der Waals surface area contributed by atoms with E-state index in [-0.39, 0.29) is 6.04 Å². The Balaban J connectivity index is 1.61. The number of carbonyl (C=O) groups is 1. The Morgan fingerprint density at radius 2 is 2.19 bits per heavy atom. The SMILES string of the molecule is O=C(C1CC2CCCCC2N1)N1CCSC1. The molecule has 4 heteroatoms. The van der Waals surface area contributed by atoms with Crippen LogP contribution in [0.1, 0.15) is 32.1 Å². The molecule has 1 N–H and O–H groups in total. The van der Waals surface area contributed by atoms with Crippen LogP contribution in [0, 0.1) is 5.92 Å². The van der Waals surface area contributed by atoms with E-state index in [4.69, 9.17) is 0 Å². The summed E-state index contributed by atoms with van der Waals surface area (Å²) in [5, 5.41) is 3.57. The highest BCUT2D eigenvalue weighted by molar-refractivity contribution is 7.99. The summed E-state index contributed by atoms with van der Waals surface area (Å²) in [6.45, 7) is 0.955. The first-order valence-corrected chi connectivity index (χ1v) is 7.62. The smallest absolute Gasteiger partial charge is 0.240 e. The molecule has 0 aromatic rings. The molecule has 16 heavy (non-hydrogen) atoms. The number of amides is 1. The maximum atomic E-state index is 12.2. The average Bonchev–Trinajstić information content (AvgIpc) is 2.97. The van der Waals surface area contributed by atoms with E-state index < -0.39 is 0 Å². The quantitative estimate of drug-likeness (QED) is 0.753. The fraction of sp³-hybridized carbons (Fsp3) is 0.917. The molecule has 3 rings (SSSR count). The van der Waals surface area contributed by atoms with E-state index in [1.807, 2.05) is 16.7 Å². The molecular formula is C12H20N2OS. The molecule has 0 radical (unpaired) electrons. The maximum Gasteiger partial charge on any atom is 0.240 e. The van der Waals surface area contributed by atoms with Crippen molar-refractivity contribution in [1.82, 2.24) is 10.2 Å². The van der Waals surface area contributed by atoms with E-state index in [0.29, 0.717) is 11.9 Å². The Kier molecular flexibility index (Phi) is 3.11. The van der Waals surface area contributed by atoms with Crippen molar-refractivity contribution in [3.8, 4) is 0 Å². The normalized spacial score (nSPS) is 38.8. The third kappa shape index (κ3) is 1.97. The van der Waals surface area contributed by atoms with Crippen LogP contribution in [0.5, 0.6) is 0 Å². The van der Waals surface area contributed by atoms with Gasteiger partial charge in [0.05, 0.1) is 11.9 Å². The Bertz CT molecular complexity index is 264. The fourth-order valence-corrected chi connectivity index (χ4v) is 4.27. The summed E-state index contributed by atoms with van der Waals surface area (Å²) in [7, 11) is 0. The molecule has 3 fully saturated rings. The lowest BCUT2D eigenvalue weighted by Crippen LogP contribution is -2.44. The lowest BCUT2D eigenvalue weighted by Gasteiger charge is -2.24.